The van der Waals surface area contributed by atoms with Gasteiger partial charge >= 0.3 is 5.97 Å². The lowest BCUT2D eigenvalue weighted by atomic mass is 9.95. The predicted octanol–water partition coefficient (Wildman–Crippen LogP) is 2.21. The number of piperidine rings is 1. The van der Waals surface area contributed by atoms with Crippen molar-refractivity contribution in [2.45, 2.75) is 50.6 Å². The molecule has 1 N–H and O–H groups in total. The molecule has 92 valence electrons. The molecule has 0 amide bonds. The van der Waals surface area contributed by atoms with Crippen LogP contribution in [0, 0.1) is 0 Å². The van der Waals surface area contributed by atoms with E-state index in [-0.39, 0.29) is 0 Å². The fourth-order valence-corrected chi connectivity index (χ4v) is 4.12. The summed E-state index contributed by atoms with van der Waals surface area (Å²) < 4.78 is 0. The van der Waals surface area contributed by atoms with Crippen LogP contribution in [-0.4, -0.2) is 46.1 Å². The topological polar surface area (TPSA) is 40.5 Å². The summed E-state index contributed by atoms with van der Waals surface area (Å²) >= 11 is 2.04. The van der Waals surface area contributed by atoms with Gasteiger partial charge in [-0.2, -0.15) is 11.8 Å². The lowest BCUT2D eigenvalue weighted by Gasteiger charge is -2.39. The third kappa shape index (κ3) is 3.14. The van der Waals surface area contributed by atoms with Crippen LogP contribution >= 0.6 is 11.8 Å². The van der Waals surface area contributed by atoms with Crippen LogP contribution in [0.25, 0.3) is 0 Å². The number of carbonyl (C=O) groups is 1. The van der Waals surface area contributed by atoms with Crippen molar-refractivity contribution in [3.63, 3.8) is 0 Å². The molecule has 0 aliphatic carbocycles. The highest BCUT2D eigenvalue weighted by atomic mass is 32.2. The second kappa shape index (κ2) is 5.92. The molecule has 2 saturated heterocycles. The molecule has 2 atom stereocenters. The number of hydrogen-bond donors (Lipinski definition) is 1. The molecule has 0 aromatic rings. The number of thioether (sulfide) groups is 1. The molecule has 0 aromatic carbocycles. The Kier molecular flexibility index (Phi) is 4.53. The van der Waals surface area contributed by atoms with E-state index in [9.17, 15) is 4.79 Å². The van der Waals surface area contributed by atoms with Gasteiger partial charge in [0.25, 0.3) is 0 Å². The first kappa shape index (κ1) is 12.2. The largest absolute Gasteiger partial charge is 0.481 e. The van der Waals surface area contributed by atoms with Gasteiger partial charge in [-0.05, 0) is 38.0 Å². The molecule has 3 nitrogen and oxygen atoms in total. The number of carboxylic acid groups (broad SMARTS) is 1. The Hall–Kier alpha value is -0.220. The van der Waals surface area contributed by atoms with E-state index in [1.54, 1.807) is 0 Å². The van der Waals surface area contributed by atoms with Crippen LogP contribution in [0.2, 0.25) is 0 Å². The van der Waals surface area contributed by atoms with Crippen molar-refractivity contribution in [1.29, 1.82) is 0 Å². The smallest absolute Gasteiger partial charge is 0.303 e. The zero-order valence-electron chi connectivity index (χ0n) is 9.73. The summed E-state index contributed by atoms with van der Waals surface area (Å²) in [6, 6.07) is 1.26. The van der Waals surface area contributed by atoms with Crippen molar-refractivity contribution in [1.82, 2.24) is 4.90 Å². The highest BCUT2D eigenvalue weighted by Crippen LogP contribution is 2.29. The predicted molar refractivity (Wildman–Crippen MR) is 66.9 cm³/mol. The van der Waals surface area contributed by atoms with Gasteiger partial charge in [-0.25, -0.2) is 0 Å². The van der Waals surface area contributed by atoms with Crippen molar-refractivity contribution < 1.29 is 9.90 Å². The first-order chi connectivity index (χ1) is 7.77. The Bertz CT molecular complexity index is 241. The van der Waals surface area contributed by atoms with Gasteiger partial charge in [0.05, 0.1) is 0 Å². The minimum absolute atomic E-state index is 0.334. The third-order valence-corrected chi connectivity index (χ3v) is 4.88. The van der Waals surface area contributed by atoms with E-state index < -0.39 is 5.97 Å². The molecule has 4 heteroatoms. The van der Waals surface area contributed by atoms with Crippen LogP contribution in [0.15, 0.2) is 0 Å². The molecule has 2 rings (SSSR count). The first-order valence-corrected chi connectivity index (χ1v) is 7.48. The zero-order valence-corrected chi connectivity index (χ0v) is 10.5. The normalized spacial score (nSPS) is 31.8. The van der Waals surface area contributed by atoms with E-state index in [2.05, 4.69) is 4.90 Å². The van der Waals surface area contributed by atoms with Gasteiger partial charge in [0, 0.05) is 24.3 Å². The number of likely N-dealkylation sites (tertiary alicyclic amines) is 1. The monoisotopic (exact) mass is 243 g/mol. The van der Waals surface area contributed by atoms with Crippen LogP contribution in [0.5, 0.6) is 0 Å². The van der Waals surface area contributed by atoms with Crippen LogP contribution in [0.1, 0.15) is 38.5 Å². The van der Waals surface area contributed by atoms with Crippen LogP contribution in [-0.2, 0) is 4.79 Å². The second-order valence-electron chi connectivity index (χ2n) is 4.84. The highest BCUT2D eigenvalue weighted by Gasteiger charge is 2.30. The third-order valence-electron chi connectivity index (χ3n) is 3.74. The molecule has 2 aliphatic heterocycles. The van der Waals surface area contributed by atoms with Gasteiger partial charge in [-0.3, -0.25) is 9.69 Å². The molecule has 2 heterocycles. The number of aliphatic carboxylic acids is 1. The van der Waals surface area contributed by atoms with Crippen molar-refractivity contribution >= 4 is 17.7 Å². The average Bonchev–Trinajstić information content (AvgIpc) is 2.80. The molecule has 0 radical (unpaired) electrons. The van der Waals surface area contributed by atoms with Crippen LogP contribution in [0.4, 0.5) is 0 Å². The molecule has 0 bridgehead atoms. The van der Waals surface area contributed by atoms with Crippen molar-refractivity contribution in [3.8, 4) is 0 Å². The Balaban J connectivity index is 1.88. The quantitative estimate of drug-likeness (QED) is 0.822. The number of hydrogen-bond acceptors (Lipinski definition) is 3. The summed E-state index contributed by atoms with van der Waals surface area (Å²) in [5.41, 5.74) is 0. The van der Waals surface area contributed by atoms with E-state index in [0.29, 0.717) is 12.5 Å². The molecule has 0 spiro atoms. The maximum Gasteiger partial charge on any atom is 0.303 e. The SMILES string of the molecule is O=C(O)CCC1CCCCN1C1CCSC1. The maximum atomic E-state index is 10.6. The summed E-state index contributed by atoms with van der Waals surface area (Å²) in [6.07, 6.45) is 6.26. The molecular weight excluding hydrogens is 222 g/mol. The average molecular weight is 243 g/mol. The summed E-state index contributed by atoms with van der Waals surface area (Å²) in [5.74, 6) is 1.89. The van der Waals surface area contributed by atoms with Gasteiger partial charge in [0.1, 0.15) is 0 Å². The minimum atomic E-state index is -0.647. The van der Waals surface area contributed by atoms with E-state index in [1.165, 1.54) is 43.7 Å². The fourth-order valence-electron chi connectivity index (χ4n) is 2.89. The zero-order chi connectivity index (χ0) is 11.4. The molecule has 2 unspecified atom stereocenters. The summed E-state index contributed by atoms with van der Waals surface area (Å²) in [4.78, 5) is 13.3. The second-order valence-corrected chi connectivity index (χ2v) is 5.99. The summed E-state index contributed by atoms with van der Waals surface area (Å²) in [6.45, 7) is 1.19. The number of carboxylic acids is 1. The standard InChI is InChI=1S/C12H21NO2S/c14-12(15)5-4-10-3-1-2-7-13(10)11-6-8-16-9-11/h10-11H,1-9H2,(H,14,15). The van der Waals surface area contributed by atoms with Crippen LogP contribution in [0.3, 0.4) is 0 Å². The van der Waals surface area contributed by atoms with Crippen LogP contribution < -0.4 is 0 Å². The summed E-state index contributed by atoms with van der Waals surface area (Å²) in [7, 11) is 0. The number of rotatable bonds is 4. The van der Waals surface area contributed by atoms with E-state index >= 15 is 0 Å². The van der Waals surface area contributed by atoms with E-state index in [4.69, 9.17) is 5.11 Å². The first-order valence-electron chi connectivity index (χ1n) is 6.32. The maximum absolute atomic E-state index is 10.6. The highest BCUT2D eigenvalue weighted by molar-refractivity contribution is 7.99. The van der Waals surface area contributed by atoms with Gasteiger partial charge in [0.15, 0.2) is 0 Å². The van der Waals surface area contributed by atoms with E-state index in [1.807, 2.05) is 11.8 Å². The Morgan fingerprint density at radius 2 is 2.25 bits per heavy atom. The molecular formula is C12H21NO2S. The Morgan fingerprint density at radius 1 is 1.38 bits per heavy atom. The van der Waals surface area contributed by atoms with E-state index in [0.717, 1.165) is 12.5 Å². The fraction of sp³-hybridized carbons (Fsp3) is 0.917. The lowest BCUT2D eigenvalue weighted by Crippen LogP contribution is -2.46. The molecule has 2 fully saturated rings. The minimum Gasteiger partial charge on any atom is -0.481 e. The Labute approximate surface area is 102 Å². The molecule has 2 aliphatic rings. The van der Waals surface area contributed by atoms with Gasteiger partial charge < -0.3 is 5.11 Å². The van der Waals surface area contributed by atoms with Gasteiger partial charge in [0.2, 0.25) is 0 Å². The van der Waals surface area contributed by atoms with Crippen molar-refractivity contribution in [2.75, 3.05) is 18.1 Å². The Morgan fingerprint density at radius 3 is 2.94 bits per heavy atom. The van der Waals surface area contributed by atoms with Crippen molar-refractivity contribution in [2.24, 2.45) is 0 Å². The molecule has 0 aromatic heterocycles. The molecule has 0 saturated carbocycles. The summed E-state index contributed by atoms with van der Waals surface area (Å²) in [5, 5.41) is 8.77. The lowest BCUT2D eigenvalue weighted by molar-refractivity contribution is -0.137. The number of nitrogens with zero attached hydrogens (tertiary/aromatic N) is 1. The van der Waals surface area contributed by atoms with Gasteiger partial charge in [-0.15, -0.1) is 0 Å². The van der Waals surface area contributed by atoms with Crippen molar-refractivity contribution in [3.05, 3.63) is 0 Å². The molecule has 16 heavy (non-hydrogen) atoms. The van der Waals surface area contributed by atoms with Gasteiger partial charge in [-0.1, -0.05) is 6.42 Å².